The third-order valence-corrected chi connectivity index (χ3v) is 15.8. The second kappa shape index (κ2) is 20.9. The number of aliphatic hydroxyl groups excluding tert-OH is 3. The van der Waals surface area contributed by atoms with E-state index in [1.165, 1.54) is 48.8 Å². The Morgan fingerprint density at radius 3 is 2.60 bits per heavy atom. The summed E-state index contributed by atoms with van der Waals surface area (Å²) in [5, 5.41) is 53.9. The topological polar surface area (TPSA) is 131 Å². The van der Waals surface area contributed by atoms with Gasteiger partial charge in [0, 0.05) is 49.7 Å². The van der Waals surface area contributed by atoms with Crippen LogP contribution in [0.2, 0.25) is 0 Å². The van der Waals surface area contributed by atoms with Crippen LogP contribution < -0.4 is 10.6 Å². The van der Waals surface area contributed by atoms with E-state index >= 15 is 0 Å². The number of fused-ring (bicyclic) bond motifs is 5. The van der Waals surface area contributed by atoms with Gasteiger partial charge in [-0.3, -0.25) is 4.79 Å². The van der Waals surface area contributed by atoms with Crippen molar-refractivity contribution in [1.29, 1.82) is 0 Å². The number of ether oxygens (including phenoxy) is 1. The van der Waals surface area contributed by atoms with Crippen LogP contribution in [-0.2, 0) is 22.4 Å². The minimum absolute atomic E-state index is 0.00873. The van der Waals surface area contributed by atoms with Crippen molar-refractivity contribution in [3.8, 4) is 0 Å². The Hall–Kier alpha value is -2.95. The molecule has 0 unspecified atom stereocenters. The van der Waals surface area contributed by atoms with Gasteiger partial charge < -0.3 is 35.8 Å². The molecule has 6 N–H and O–H groups in total. The number of rotatable bonds is 15. The average Bonchev–Trinajstić information content (AvgIpc) is 3.60. The van der Waals surface area contributed by atoms with Gasteiger partial charge in [0.1, 0.15) is 6.29 Å². The van der Waals surface area contributed by atoms with Gasteiger partial charge in [0.2, 0.25) is 0 Å². The number of carbonyl (C=O) groups is 1. The fraction of sp³-hybridized carbons (Fsp3) is 0.635. The van der Waals surface area contributed by atoms with Crippen LogP contribution in [0.4, 0.5) is 0 Å². The van der Waals surface area contributed by atoms with Gasteiger partial charge in [-0.25, -0.2) is 0 Å². The molecule has 3 fully saturated rings. The molecule has 4 bridgehead atoms. The number of nitrogens with one attached hydrogen (secondary N) is 2. The Bertz CT molecular complexity index is 1790. The minimum Gasteiger partial charge on any atom is -0.396 e. The first kappa shape index (κ1) is 46.6. The number of allylic oxidation sites excluding steroid dienone is 9. The first-order valence-electron chi connectivity index (χ1n) is 23.1. The molecule has 6 rings (SSSR count). The van der Waals surface area contributed by atoms with Gasteiger partial charge in [-0.1, -0.05) is 103 Å². The Balaban J connectivity index is 1.26. The molecule has 3 saturated carbocycles. The minimum atomic E-state index is -1.22. The molecule has 0 amide bonds. The maximum Gasteiger partial charge on any atom is 0.145 e. The summed E-state index contributed by atoms with van der Waals surface area (Å²) in [7, 11) is 3.69. The van der Waals surface area contributed by atoms with Gasteiger partial charge in [-0.05, 0) is 144 Å². The summed E-state index contributed by atoms with van der Waals surface area (Å²) in [6.45, 7) is 10.6. The Labute approximate surface area is 361 Å². The number of methoxy groups -OCH3 is 1. The van der Waals surface area contributed by atoms with Crippen LogP contribution in [0, 0.1) is 40.9 Å². The zero-order valence-electron chi connectivity index (χ0n) is 37.1. The maximum absolute atomic E-state index is 12.8. The molecule has 1 aromatic rings. The van der Waals surface area contributed by atoms with E-state index in [1.807, 2.05) is 33.2 Å². The molecule has 0 aromatic heterocycles. The van der Waals surface area contributed by atoms with Gasteiger partial charge in [0.15, 0.2) is 0 Å². The largest absolute Gasteiger partial charge is 0.396 e. The summed E-state index contributed by atoms with van der Waals surface area (Å²) >= 11 is 0. The average molecular weight is 825 g/mol. The number of benzene rings is 1. The lowest BCUT2D eigenvalue weighted by Crippen LogP contribution is -2.65. The maximum atomic E-state index is 12.8. The molecule has 4 aliphatic carbocycles. The molecule has 1 aromatic carbocycles. The smallest absolute Gasteiger partial charge is 0.145 e. The quantitative estimate of drug-likeness (QED) is 0.0464. The van der Waals surface area contributed by atoms with Gasteiger partial charge in [-0.2, -0.15) is 0 Å². The third-order valence-electron chi connectivity index (χ3n) is 15.8. The van der Waals surface area contributed by atoms with Crippen LogP contribution in [0.25, 0.3) is 0 Å². The molecular formula is C52H76N2O6. The fourth-order valence-corrected chi connectivity index (χ4v) is 12.6. The molecule has 0 saturated heterocycles. The van der Waals surface area contributed by atoms with E-state index in [0.717, 1.165) is 61.8 Å². The number of carbonyl (C=O) groups excluding carboxylic acids is 1. The van der Waals surface area contributed by atoms with Crippen molar-refractivity contribution >= 4 is 6.29 Å². The molecule has 1 heterocycles. The van der Waals surface area contributed by atoms with Crippen molar-refractivity contribution in [2.45, 2.75) is 121 Å². The van der Waals surface area contributed by atoms with E-state index in [4.69, 9.17) is 4.74 Å². The number of hydrogen-bond donors (Lipinski definition) is 6. The highest BCUT2D eigenvalue weighted by Crippen LogP contribution is 2.67. The standard InChI is InChI=1S/C52H76N2O6/c1-36-17-18-42(30-39-12-10-13-40(29-39)31-50(54-33-36,25-28-60-5)45-15-7-6-8-16-45)37(2)11-9-14-44(35-57)46-21-23-52(49(46)58)48-41(22-27-55)19-20-43(47(48)38(3)34-56)32-51(52,59)24-26-53-4/h9-14,17,19-20,29,34,41-43,45-46,48-49,53-55,57-59H,2,6-8,15-16,18,21-28,30-33,35H2,1,3-5H3/b11-9+,36-17+,44-14-,47-38?/t41-,42-,43-,46-,48-,49+,50+,51+,52+/m0/s1. The SMILES string of the molecule is C=C(/C=C/C=C(/CO)[C@@H]1CC[C@]2([C@@H]1O)[C@@H]1C(=C(C)C=O)[C@@H](C=C[C@H]1CCO)C[C@]2(O)CCNC)[C@H]1C/C=C(\C)CN[C@@](CCOC)(C2CCCCC2)Cc2cccc(c2)C1. The predicted molar refractivity (Wildman–Crippen MR) is 242 cm³/mol. The third kappa shape index (κ3) is 9.66. The van der Waals surface area contributed by atoms with Crippen molar-refractivity contribution in [2.75, 3.05) is 47.1 Å². The van der Waals surface area contributed by atoms with Crippen LogP contribution in [0.1, 0.15) is 102 Å². The summed E-state index contributed by atoms with van der Waals surface area (Å²) < 4.78 is 5.70. The molecular weight excluding hydrogens is 749 g/mol. The fourth-order valence-electron chi connectivity index (χ4n) is 12.6. The van der Waals surface area contributed by atoms with Gasteiger partial charge in [0.05, 0.1) is 18.3 Å². The molecule has 1 aliphatic heterocycles. The molecule has 8 nitrogen and oxygen atoms in total. The summed E-state index contributed by atoms with van der Waals surface area (Å²) in [6, 6.07) is 9.16. The molecule has 8 heteroatoms. The highest BCUT2D eigenvalue weighted by Gasteiger charge is 2.68. The van der Waals surface area contributed by atoms with Crippen molar-refractivity contribution < 1.29 is 30.0 Å². The summed E-state index contributed by atoms with van der Waals surface area (Å²) in [4.78, 5) is 12.4. The Kier molecular flexibility index (Phi) is 16.3. The summed E-state index contributed by atoms with van der Waals surface area (Å²) in [5.41, 5.74) is 5.21. The molecule has 5 aliphatic rings. The van der Waals surface area contributed by atoms with E-state index in [1.54, 1.807) is 0 Å². The molecule has 330 valence electrons. The molecule has 9 atom stereocenters. The molecule has 0 radical (unpaired) electrons. The predicted octanol–water partition coefficient (Wildman–Crippen LogP) is 7.53. The summed E-state index contributed by atoms with van der Waals surface area (Å²) in [5.74, 6) is -0.128. The van der Waals surface area contributed by atoms with Crippen LogP contribution in [-0.4, -0.2) is 91.0 Å². The van der Waals surface area contributed by atoms with Crippen LogP contribution in [0.15, 0.2) is 95.2 Å². The van der Waals surface area contributed by atoms with E-state index in [-0.39, 0.29) is 48.3 Å². The van der Waals surface area contributed by atoms with E-state index in [0.29, 0.717) is 50.1 Å². The second-order valence-electron chi connectivity index (χ2n) is 19.2. The number of hydrogen-bond acceptors (Lipinski definition) is 8. The molecule has 1 spiro atoms. The second-order valence-corrected chi connectivity index (χ2v) is 19.2. The zero-order valence-corrected chi connectivity index (χ0v) is 37.1. The Morgan fingerprint density at radius 1 is 1.10 bits per heavy atom. The zero-order chi connectivity index (χ0) is 42.9. The van der Waals surface area contributed by atoms with Crippen LogP contribution in [0.5, 0.6) is 0 Å². The van der Waals surface area contributed by atoms with Crippen molar-refractivity contribution in [3.05, 3.63) is 106 Å². The number of aldehydes is 1. The van der Waals surface area contributed by atoms with Gasteiger partial charge >= 0.3 is 0 Å². The lowest BCUT2D eigenvalue weighted by molar-refractivity contribution is -0.194. The van der Waals surface area contributed by atoms with Gasteiger partial charge in [0.25, 0.3) is 0 Å². The van der Waals surface area contributed by atoms with Crippen LogP contribution >= 0.6 is 0 Å². The highest BCUT2D eigenvalue weighted by atomic mass is 16.5. The molecule has 60 heavy (non-hydrogen) atoms. The normalized spacial score (nSPS) is 35.8. The Morgan fingerprint density at radius 2 is 1.88 bits per heavy atom. The van der Waals surface area contributed by atoms with Crippen LogP contribution in [0.3, 0.4) is 0 Å². The van der Waals surface area contributed by atoms with Crippen molar-refractivity contribution in [2.24, 2.45) is 40.9 Å². The van der Waals surface area contributed by atoms with Gasteiger partial charge in [-0.15, -0.1) is 0 Å². The summed E-state index contributed by atoms with van der Waals surface area (Å²) in [6.07, 6.45) is 25.2. The number of aliphatic hydroxyl groups is 4. The van der Waals surface area contributed by atoms with E-state index in [9.17, 15) is 25.2 Å². The van der Waals surface area contributed by atoms with Crippen molar-refractivity contribution in [1.82, 2.24) is 10.6 Å². The first-order valence-corrected chi connectivity index (χ1v) is 23.1. The lowest BCUT2D eigenvalue weighted by Gasteiger charge is -2.61. The van der Waals surface area contributed by atoms with E-state index in [2.05, 4.69) is 72.7 Å². The first-order chi connectivity index (χ1) is 29.0. The van der Waals surface area contributed by atoms with E-state index < -0.39 is 17.1 Å². The highest BCUT2D eigenvalue weighted by molar-refractivity contribution is 5.74. The lowest BCUT2D eigenvalue weighted by atomic mass is 9.45. The monoisotopic (exact) mass is 825 g/mol. The van der Waals surface area contributed by atoms with Crippen molar-refractivity contribution in [3.63, 3.8) is 0 Å².